The van der Waals surface area contributed by atoms with Crippen molar-refractivity contribution in [1.29, 1.82) is 0 Å². The number of imidazole rings is 1. The number of alkyl carbamates (subject to hydrolysis) is 1. The van der Waals surface area contributed by atoms with Crippen LogP contribution >= 0.6 is 11.6 Å². The average molecular weight is 772 g/mol. The van der Waals surface area contributed by atoms with E-state index >= 15 is 0 Å². The highest BCUT2D eigenvalue weighted by molar-refractivity contribution is 7.90. The van der Waals surface area contributed by atoms with Crippen LogP contribution < -0.4 is 15.4 Å². The zero-order chi connectivity index (χ0) is 39.1. The Bertz CT molecular complexity index is 2020. The van der Waals surface area contributed by atoms with Crippen LogP contribution in [0.3, 0.4) is 0 Å². The molecule has 2 aromatic heterocycles. The molecular formula is C35H46ClN9O7S. The molecule has 6 atom stereocenters. The van der Waals surface area contributed by atoms with Crippen molar-refractivity contribution in [3.05, 3.63) is 54.5 Å². The van der Waals surface area contributed by atoms with Gasteiger partial charge in [0.25, 0.3) is 15.9 Å². The normalized spacial score (nSPS) is 23.5. The lowest BCUT2D eigenvalue weighted by Gasteiger charge is -2.34. The molecule has 53 heavy (non-hydrogen) atoms. The number of ether oxygens (including phenoxy) is 1. The third kappa shape index (κ3) is 8.95. The van der Waals surface area contributed by atoms with Gasteiger partial charge in [0.15, 0.2) is 10.8 Å². The number of aromatic nitrogens is 6. The minimum Gasteiger partial charge on any atom is -0.444 e. The zero-order valence-electron chi connectivity index (χ0n) is 30.8. The van der Waals surface area contributed by atoms with E-state index in [1.54, 1.807) is 78.9 Å². The van der Waals surface area contributed by atoms with Crippen molar-refractivity contribution in [2.24, 2.45) is 30.2 Å². The summed E-state index contributed by atoms with van der Waals surface area (Å²) in [6, 6.07) is 5.26. The van der Waals surface area contributed by atoms with Crippen molar-refractivity contribution >= 4 is 45.3 Å². The van der Waals surface area contributed by atoms with Gasteiger partial charge >= 0.3 is 6.09 Å². The van der Waals surface area contributed by atoms with E-state index in [1.807, 2.05) is 0 Å². The first-order valence-corrected chi connectivity index (χ1v) is 19.1. The number of hydrogen-bond donors (Lipinski definition) is 3. The number of amides is 3. The Kier molecular flexibility index (Phi) is 10.9. The van der Waals surface area contributed by atoms with Crippen LogP contribution in [0.25, 0.3) is 11.4 Å². The number of benzene rings is 1. The van der Waals surface area contributed by atoms with Gasteiger partial charge in [-0.15, -0.1) is 16.8 Å². The van der Waals surface area contributed by atoms with E-state index < -0.39 is 80.1 Å². The van der Waals surface area contributed by atoms with Gasteiger partial charge in [0, 0.05) is 35.7 Å². The van der Waals surface area contributed by atoms with E-state index in [0.717, 1.165) is 0 Å². The zero-order valence-corrected chi connectivity index (χ0v) is 32.4. The Morgan fingerprint density at radius 2 is 1.83 bits per heavy atom. The lowest BCUT2D eigenvalue weighted by molar-refractivity contribution is -0.137. The molecule has 0 aliphatic heterocycles. The van der Waals surface area contributed by atoms with Gasteiger partial charge in [-0.25, -0.2) is 14.5 Å². The molecule has 0 radical (unpaired) electrons. The quantitative estimate of drug-likeness (QED) is 0.226. The number of nitrogens with zero attached hydrogens (tertiary/aromatic N) is 6. The van der Waals surface area contributed by atoms with E-state index in [0.29, 0.717) is 17.0 Å². The number of hydrogen-bond acceptors (Lipinski definition) is 11. The standard InChI is InChI=1S/C35H46ClN9O7S/c1-9-11-21-17-35(21,31(48)42-53(50,51)26-18-44(8)19-37-26)39-30(47)25-16-23(45-41-29(40-43-45)20-12-10-13-22(36)14-20)15-24(25)27(46)28(33(2,3)4)38-32(49)52-34(5,6)7/h9-10,12-14,18-19,21,23-25,28H,1,11,15-17H2,2-8H3,(H,38,49)(H,39,47)(H,42,48)/t21-,23+,24?,25-,28?,35-/m1/s1. The molecule has 16 nitrogen and oxygen atoms in total. The summed E-state index contributed by atoms with van der Waals surface area (Å²) in [7, 11) is -2.78. The molecule has 2 aliphatic rings. The van der Waals surface area contributed by atoms with Crippen molar-refractivity contribution in [3.63, 3.8) is 0 Å². The fraction of sp³-hybridized carbons (Fsp3) is 0.543. The molecule has 5 rings (SSSR count). The molecular weight excluding hydrogens is 726 g/mol. The van der Waals surface area contributed by atoms with Crippen molar-refractivity contribution < 1.29 is 32.3 Å². The lowest BCUT2D eigenvalue weighted by Crippen LogP contribution is -2.56. The predicted octanol–water partition coefficient (Wildman–Crippen LogP) is 3.76. The maximum absolute atomic E-state index is 14.6. The minimum atomic E-state index is -4.37. The molecule has 3 aromatic rings. The van der Waals surface area contributed by atoms with Gasteiger partial charge in [0.05, 0.1) is 18.4 Å². The van der Waals surface area contributed by atoms with Gasteiger partial charge in [-0.2, -0.15) is 13.2 Å². The summed E-state index contributed by atoms with van der Waals surface area (Å²) in [5.41, 5.74) is -2.61. The summed E-state index contributed by atoms with van der Waals surface area (Å²) < 4.78 is 35.1. The third-order valence-corrected chi connectivity index (χ3v) is 10.8. The molecule has 2 fully saturated rings. The van der Waals surface area contributed by atoms with Crippen LogP contribution in [0.2, 0.25) is 5.02 Å². The fourth-order valence-corrected chi connectivity index (χ4v) is 7.90. The number of sulfonamides is 1. The molecule has 2 heterocycles. The molecule has 2 aliphatic carbocycles. The third-order valence-electron chi connectivity index (χ3n) is 9.38. The van der Waals surface area contributed by atoms with Gasteiger partial charge < -0.3 is 19.9 Å². The second kappa shape index (κ2) is 14.6. The van der Waals surface area contributed by atoms with Crippen molar-refractivity contribution in [3.8, 4) is 11.4 Å². The number of carbonyl (C=O) groups excluding carboxylic acids is 4. The summed E-state index contributed by atoms with van der Waals surface area (Å²) in [5.74, 6) is -4.16. The Morgan fingerprint density at radius 1 is 1.13 bits per heavy atom. The predicted molar refractivity (Wildman–Crippen MR) is 193 cm³/mol. The number of nitrogens with one attached hydrogen (secondary N) is 3. The number of Topliss-reactive ketones (excluding diaryl/α,β-unsaturated/α-hetero) is 1. The largest absolute Gasteiger partial charge is 0.444 e. The number of ketones is 1. The van der Waals surface area contributed by atoms with Gasteiger partial charge in [-0.3, -0.25) is 14.4 Å². The fourth-order valence-electron chi connectivity index (χ4n) is 6.69. The molecule has 3 N–H and O–H groups in total. The first-order valence-electron chi connectivity index (χ1n) is 17.2. The smallest absolute Gasteiger partial charge is 0.408 e. The number of halogens is 1. The Hall–Kier alpha value is -4.64. The highest BCUT2D eigenvalue weighted by Crippen LogP contribution is 2.48. The molecule has 1 aromatic carbocycles. The summed E-state index contributed by atoms with van der Waals surface area (Å²) >= 11 is 6.18. The Balaban J connectivity index is 1.46. The van der Waals surface area contributed by atoms with E-state index in [-0.39, 0.29) is 30.1 Å². The summed E-state index contributed by atoms with van der Waals surface area (Å²) in [6.07, 6.45) is 3.96. The van der Waals surface area contributed by atoms with E-state index in [4.69, 9.17) is 16.3 Å². The maximum Gasteiger partial charge on any atom is 0.408 e. The first-order chi connectivity index (χ1) is 24.6. The van der Waals surface area contributed by atoms with Crippen LogP contribution in [-0.2, 0) is 36.2 Å². The topological polar surface area (TPSA) is 209 Å². The van der Waals surface area contributed by atoms with Crippen LogP contribution in [0.1, 0.15) is 73.3 Å². The van der Waals surface area contributed by atoms with Crippen molar-refractivity contribution in [2.75, 3.05) is 0 Å². The highest BCUT2D eigenvalue weighted by Gasteiger charge is 2.62. The SMILES string of the molecule is C=CC[C@@H]1C[C@]1(NC(=O)[C@@H]1C[C@@H](n2nnc(-c3cccc(Cl)c3)n2)CC1C(=O)C(NC(=O)OC(C)(C)C)C(C)(C)C)C(=O)NS(=O)(=O)c1cn(C)cn1. The summed E-state index contributed by atoms with van der Waals surface area (Å²) in [6.45, 7) is 14.2. The molecule has 18 heteroatoms. The Morgan fingerprint density at radius 3 is 2.43 bits per heavy atom. The van der Waals surface area contributed by atoms with Crippen LogP contribution in [0.4, 0.5) is 4.79 Å². The van der Waals surface area contributed by atoms with Gasteiger partial charge in [0.1, 0.15) is 11.1 Å². The average Bonchev–Trinajstić information content (AvgIpc) is 3.48. The van der Waals surface area contributed by atoms with Crippen molar-refractivity contribution in [2.45, 2.75) is 95.5 Å². The molecule has 0 spiro atoms. The van der Waals surface area contributed by atoms with Crippen LogP contribution in [0.5, 0.6) is 0 Å². The van der Waals surface area contributed by atoms with Crippen LogP contribution in [0.15, 0.2) is 54.5 Å². The first kappa shape index (κ1) is 39.6. The molecule has 0 saturated heterocycles. The minimum absolute atomic E-state index is 0.0763. The monoisotopic (exact) mass is 771 g/mol. The number of rotatable bonds is 12. The van der Waals surface area contributed by atoms with Crippen molar-refractivity contribution in [1.82, 2.24) is 45.1 Å². The molecule has 2 saturated carbocycles. The number of tetrazole rings is 1. The number of carbonyl (C=O) groups is 4. The second-order valence-electron chi connectivity index (χ2n) is 15.8. The highest BCUT2D eigenvalue weighted by atomic mass is 35.5. The molecule has 286 valence electrons. The summed E-state index contributed by atoms with van der Waals surface area (Å²) in [4.78, 5) is 60.9. The Labute approximate surface area is 313 Å². The molecule has 0 bridgehead atoms. The lowest BCUT2D eigenvalue weighted by atomic mass is 9.77. The van der Waals surface area contributed by atoms with Crippen LogP contribution in [0, 0.1) is 23.2 Å². The van der Waals surface area contributed by atoms with Crippen LogP contribution in [-0.4, -0.2) is 79.0 Å². The molecule has 3 amide bonds. The number of aryl methyl sites for hydroxylation is 1. The van der Waals surface area contributed by atoms with E-state index in [9.17, 15) is 27.6 Å². The second-order valence-corrected chi connectivity index (χ2v) is 17.9. The number of allylic oxidation sites excluding steroid dienone is 1. The van der Waals surface area contributed by atoms with Gasteiger partial charge in [-0.05, 0) is 75.1 Å². The van der Waals surface area contributed by atoms with Gasteiger partial charge in [0.2, 0.25) is 11.7 Å². The molecule has 2 unspecified atom stereocenters. The maximum atomic E-state index is 14.6. The van der Waals surface area contributed by atoms with E-state index in [2.05, 4.69) is 42.3 Å². The summed E-state index contributed by atoms with van der Waals surface area (Å²) in [5, 5.41) is 18.7. The van der Waals surface area contributed by atoms with Gasteiger partial charge in [-0.1, -0.05) is 50.6 Å². The van der Waals surface area contributed by atoms with E-state index in [1.165, 1.54) is 21.9 Å².